The van der Waals surface area contributed by atoms with Crippen molar-refractivity contribution in [1.82, 2.24) is 10.2 Å². The Bertz CT molecular complexity index is 515. The van der Waals surface area contributed by atoms with Gasteiger partial charge in [0.05, 0.1) is 0 Å². The van der Waals surface area contributed by atoms with Crippen LogP contribution in [0.2, 0.25) is 0 Å². The van der Waals surface area contributed by atoms with E-state index in [0.717, 1.165) is 0 Å². The first kappa shape index (κ1) is 17.0. The molecule has 0 aromatic heterocycles. The summed E-state index contributed by atoms with van der Waals surface area (Å²) in [4.78, 5) is 1.29. The number of hydrogen-bond acceptors (Lipinski definition) is 2. The fourth-order valence-corrected chi connectivity index (χ4v) is 2.53. The maximum atomic E-state index is 13.8. The second kappa shape index (κ2) is 6.82. The van der Waals surface area contributed by atoms with Crippen LogP contribution in [0.25, 0.3) is 0 Å². The van der Waals surface area contributed by atoms with Crippen LogP contribution in [0, 0.1) is 29.1 Å². The molecule has 1 atom stereocenters. The van der Waals surface area contributed by atoms with Crippen LogP contribution in [0.4, 0.5) is 30.7 Å². The zero-order valence-electron chi connectivity index (χ0n) is 11.3. The Morgan fingerprint density at radius 1 is 0.818 bits per heavy atom. The lowest BCUT2D eigenvalue weighted by Crippen LogP contribution is -2.46. The average molecular weight is 330 g/mol. The molecule has 0 spiro atoms. The maximum absolute atomic E-state index is 13.8. The first-order chi connectivity index (χ1) is 10.3. The van der Waals surface area contributed by atoms with Gasteiger partial charge < -0.3 is 5.32 Å². The molecule has 1 heterocycles. The molecule has 1 aliphatic rings. The standard InChI is InChI=1S/C13H13F7N2/c14-7(15)5-6(22-3-1-21-2-4-22)8-9(16)11(18)13(20)12(19)10(8)17/h6-7,21H,1-5H2/t6-/m1/s1. The van der Waals surface area contributed by atoms with Gasteiger partial charge in [0, 0.05) is 44.2 Å². The summed E-state index contributed by atoms with van der Waals surface area (Å²) in [7, 11) is 0. The molecular weight excluding hydrogens is 317 g/mol. The molecule has 1 aliphatic heterocycles. The largest absolute Gasteiger partial charge is 0.314 e. The highest BCUT2D eigenvalue weighted by Crippen LogP contribution is 2.34. The van der Waals surface area contributed by atoms with Gasteiger partial charge in [-0.25, -0.2) is 30.7 Å². The third-order valence-corrected chi connectivity index (χ3v) is 3.57. The maximum Gasteiger partial charge on any atom is 0.240 e. The fourth-order valence-electron chi connectivity index (χ4n) is 2.53. The molecular formula is C13H13F7N2. The molecule has 2 rings (SSSR count). The third-order valence-electron chi connectivity index (χ3n) is 3.57. The Hall–Kier alpha value is -1.35. The average Bonchev–Trinajstić information content (AvgIpc) is 2.50. The molecule has 0 radical (unpaired) electrons. The summed E-state index contributed by atoms with van der Waals surface area (Å²) in [6.07, 6.45) is -3.96. The Labute approximate surface area is 121 Å². The third kappa shape index (κ3) is 3.19. The van der Waals surface area contributed by atoms with Crippen LogP contribution in [0.5, 0.6) is 0 Å². The quantitative estimate of drug-likeness (QED) is 0.519. The van der Waals surface area contributed by atoms with E-state index in [4.69, 9.17) is 0 Å². The monoisotopic (exact) mass is 330 g/mol. The van der Waals surface area contributed by atoms with Gasteiger partial charge in [-0.3, -0.25) is 4.90 Å². The topological polar surface area (TPSA) is 15.3 Å². The van der Waals surface area contributed by atoms with Gasteiger partial charge in [0.2, 0.25) is 12.2 Å². The van der Waals surface area contributed by atoms with Gasteiger partial charge in [-0.15, -0.1) is 0 Å². The number of piperazine rings is 1. The molecule has 1 aromatic carbocycles. The van der Waals surface area contributed by atoms with Crippen LogP contribution < -0.4 is 5.32 Å². The number of hydrogen-bond donors (Lipinski definition) is 1. The molecule has 0 unspecified atom stereocenters. The van der Waals surface area contributed by atoms with Crippen molar-refractivity contribution in [1.29, 1.82) is 0 Å². The predicted molar refractivity (Wildman–Crippen MR) is 64.0 cm³/mol. The number of nitrogens with one attached hydrogen (secondary N) is 1. The van der Waals surface area contributed by atoms with Crippen LogP contribution >= 0.6 is 0 Å². The highest BCUT2D eigenvalue weighted by atomic mass is 19.3. The smallest absolute Gasteiger partial charge is 0.240 e. The molecule has 1 saturated heterocycles. The van der Waals surface area contributed by atoms with E-state index in [9.17, 15) is 30.7 Å². The lowest BCUT2D eigenvalue weighted by molar-refractivity contribution is 0.0700. The molecule has 2 nitrogen and oxygen atoms in total. The molecule has 1 N–H and O–H groups in total. The summed E-state index contributed by atoms with van der Waals surface area (Å²) in [5, 5.41) is 2.91. The van der Waals surface area contributed by atoms with E-state index >= 15 is 0 Å². The van der Waals surface area contributed by atoms with Gasteiger partial charge in [0.1, 0.15) is 0 Å². The zero-order valence-corrected chi connectivity index (χ0v) is 11.3. The van der Waals surface area contributed by atoms with E-state index in [1.807, 2.05) is 0 Å². The Kier molecular flexibility index (Phi) is 5.28. The molecule has 0 saturated carbocycles. The summed E-state index contributed by atoms with van der Waals surface area (Å²) >= 11 is 0. The van der Waals surface area contributed by atoms with Crippen molar-refractivity contribution >= 4 is 0 Å². The Balaban J connectivity index is 2.51. The van der Waals surface area contributed by atoms with Gasteiger partial charge in [-0.05, 0) is 0 Å². The number of nitrogens with zero attached hydrogens (tertiary/aromatic N) is 1. The van der Waals surface area contributed by atoms with Gasteiger partial charge in [0.15, 0.2) is 23.3 Å². The van der Waals surface area contributed by atoms with Crippen LogP contribution in [0.15, 0.2) is 0 Å². The summed E-state index contributed by atoms with van der Waals surface area (Å²) in [5.74, 6) is -10.7. The lowest BCUT2D eigenvalue weighted by atomic mass is 9.99. The van der Waals surface area contributed by atoms with E-state index in [1.54, 1.807) is 0 Å². The van der Waals surface area contributed by atoms with Crippen molar-refractivity contribution in [2.45, 2.75) is 18.9 Å². The Morgan fingerprint density at radius 2 is 1.27 bits per heavy atom. The highest BCUT2D eigenvalue weighted by Gasteiger charge is 2.35. The highest BCUT2D eigenvalue weighted by molar-refractivity contribution is 5.27. The SMILES string of the molecule is Fc1c(F)c(F)c([C@@H](CC(F)F)N2CCNCC2)c(F)c1F. The number of benzene rings is 1. The number of halogens is 7. The van der Waals surface area contributed by atoms with Crippen molar-refractivity contribution in [3.63, 3.8) is 0 Å². The van der Waals surface area contributed by atoms with Crippen LogP contribution in [-0.4, -0.2) is 37.5 Å². The minimum atomic E-state index is -2.95. The predicted octanol–water partition coefficient (Wildman–Crippen LogP) is 2.98. The molecule has 1 fully saturated rings. The minimum absolute atomic E-state index is 0.164. The van der Waals surface area contributed by atoms with Crippen molar-refractivity contribution in [3.8, 4) is 0 Å². The van der Waals surface area contributed by atoms with E-state index in [2.05, 4.69) is 5.32 Å². The normalized spacial score (nSPS) is 18.0. The molecule has 124 valence electrons. The molecule has 0 amide bonds. The summed E-state index contributed by atoms with van der Waals surface area (Å²) in [6.45, 7) is 1.07. The second-order valence-electron chi connectivity index (χ2n) is 4.91. The number of rotatable bonds is 4. The summed E-state index contributed by atoms with van der Waals surface area (Å²) in [5.41, 5.74) is -1.20. The van der Waals surface area contributed by atoms with E-state index in [-0.39, 0.29) is 13.1 Å². The van der Waals surface area contributed by atoms with E-state index < -0.39 is 53.5 Å². The fraction of sp³-hybridized carbons (Fsp3) is 0.538. The summed E-state index contributed by atoms with van der Waals surface area (Å²) < 4.78 is 92.8. The molecule has 9 heteroatoms. The second-order valence-corrected chi connectivity index (χ2v) is 4.91. The van der Waals surface area contributed by atoms with E-state index in [1.165, 1.54) is 4.90 Å². The van der Waals surface area contributed by atoms with Crippen molar-refractivity contribution < 1.29 is 30.7 Å². The van der Waals surface area contributed by atoms with Crippen molar-refractivity contribution in [3.05, 3.63) is 34.6 Å². The first-order valence-electron chi connectivity index (χ1n) is 6.58. The number of alkyl halides is 2. The minimum Gasteiger partial charge on any atom is -0.314 e. The van der Waals surface area contributed by atoms with Gasteiger partial charge in [0.25, 0.3) is 0 Å². The molecule has 0 aliphatic carbocycles. The van der Waals surface area contributed by atoms with Crippen molar-refractivity contribution in [2.24, 2.45) is 0 Å². The van der Waals surface area contributed by atoms with Gasteiger partial charge in [-0.2, -0.15) is 0 Å². The van der Waals surface area contributed by atoms with Crippen LogP contribution in [-0.2, 0) is 0 Å². The van der Waals surface area contributed by atoms with Gasteiger partial charge >= 0.3 is 0 Å². The van der Waals surface area contributed by atoms with Gasteiger partial charge in [-0.1, -0.05) is 0 Å². The Morgan fingerprint density at radius 3 is 1.73 bits per heavy atom. The summed E-state index contributed by atoms with van der Waals surface area (Å²) in [6, 6.07) is -1.58. The molecule has 0 bridgehead atoms. The lowest BCUT2D eigenvalue weighted by Gasteiger charge is -2.35. The van der Waals surface area contributed by atoms with Crippen LogP contribution in [0.1, 0.15) is 18.0 Å². The van der Waals surface area contributed by atoms with Crippen molar-refractivity contribution in [2.75, 3.05) is 26.2 Å². The van der Waals surface area contributed by atoms with E-state index in [0.29, 0.717) is 13.1 Å². The zero-order chi connectivity index (χ0) is 16.4. The van der Waals surface area contributed by atoms with Crippen LogP contribution in [0.3, 0.4) is 0 Å². The first-order valence-corrected chi connectivity index (χ1v) is 6.58. The molecule has 22 heavy (non-hydrogen) atoms. The molecule has 1 aromatic rings.